The number of rotatable bonds is 5. The van der Waals surface area contributed by atoms with E-state index < -0.39 is 15.8 Å². The first kappa shape index (κ1) is 16.7. The summed E-state index contributed by atoms with van der Waals surface area (Å²) in [4.78, 5) is -0.139. The van der Waals surface area contributed by atoms with Crippen LogP contribution in [0.5, 0.6) is 5.75 Å². The highest BCUT2D eigenvalue weighted by Crippen LogP contribution is 2.24. The Morgan fingerprint density at radius 2 is 1.91 bits per heavy atom. The lowest BCUT2D eigenvalue weighted by atomic mass is 10.2. The van der Waals surface area contributed by atoms with Crippen molar-refractivity contribution in [2.24, 2.45) is 0 Å². The molecule has 0 saturated carbocycles. The largest absolute Gasteiger partial charge is 0.494 e. The maximum absolute atomic E-state index is 13.7. The van der Waals surface area contributed by atoms with Gasteiger partial charge in [0.15, 0.2) is 11.6 Å². The van der Waals surface area contributed by atoms with Crippen molar-refractivity contribution < 1.29 is 17.5 Å². The molecule has 2 aromatic rings. The van der Waals surface area contributed by atoms with Gasteiger partial charge in [0.25, 0.3) is 0 Å². The van der Waals surface area contributed by atoms with E-state index in [0.717, 1.165) is 10.4 Å². The summed E-state index contributed by atoms with van der Waals surface area (Å²) >= 11 is 6.03. The summed E-state index contributed by atoms with van der Waals surface area (Å²) < 4.78 is 44.6. The Bertz CT molecular complexity index is 780. The highest BCUT2D eigenvalue weighted by Gasteiger charge is 2.23. The predicted octanol–water partition coefficient (Wildman–Crippen LogP) is 3.31. The molecule has 7 heteroatoms. The molecule has 0 radical (unpaired) electrons. The van der Waals surface area contributed by atoms with Gasteiger partial charge in [-0.1, -0.05) is 29.8 Å². The molecule has 0 atom stereocenters. The molecule has 0 aromatic heterocycles. The van der Waals surface area contributed by atoms with E-state index in [1.807, 2.05) is 0 Å². The quantitative estimate of drug-likeness (QED) is 0.836. The van der Waals surface area contributed by atoms with E-state index in [1.165, 1.54) is 26.3 Å². The second kappa shape index (κ2) is 6.64. The summed E-state index contributed by atoms with van der Waals surface area (Å²) in [5.41, 5.74) is 0.671. The molecule has 0 bridgehead atoms. The monoisotopic (exact) mass is 343 g/mol. The van der Waals surface area contributed by atoms with E-state index in [9.17, 15) is 12.8 Å². The number of ether oxygens (including phenoxy) is 1. The second-order valence-corrected chi connectivity index (χ2v) is 7.10. The highest BCUT2D eigenvalue weighted by molar-refractivity contribution is 7.89. The summed E-state index contributed by atoms with van der Waals surface area (Å²) in [5.74, 6) is -0.734. The van der Waals surface area contributed by atoms with Crippen molar-refractivity contribution in [2.45, 2.75) is 11.4 Å². The van der Waals surface area contributed by atoms with Crippen molar-refractivity contribution >= 4 is 21.6 Å². The van der Waals surface area contributed by atoms with E-state index in [4.69, 9.17) is 16.3 Å². The third-order valence-electron chi connectivity index (χ3n) is 3.18. The third-order valence-corrected chi connectivity index (χ3v) is 5.35. The molecule has 22 heavy (non-hydrogen) atoms. The van der Waals surface area contributed by atoms with Crippen molar-refractivity contribution in [1.29, 1.82) is 0 Å². The number of nitrogens with zero attached hydrogens (tertiary/aromatic N) is 1. The molecule has 2 aromatic carbocycles. The average Bonchev–Trinajstić information content (AvgIpc) is 2.49. The minimum atomic E-state index is -3.82. The van der Waals surface area contributed by atoms with Crippen LogP contribution >= 0.6 is 11.6 Å². The summed E-state index contributed by atoms with van der Waals surface area (Å²) in [7, 11) is -1.09. The van der Waals surface area contributed by atoms with Crippen molar-refractivity contribution in [3.05, 3.63) is 58.9 Å². The van der Waals surface area contributed by atoms with Crippen molar-refractivity contribution in [1.82, 2.24) is 4.31 Å². The van der Waals surface area contributed by atoms with Crippen molar-refractivity contribution in [2.75, 3.05) is 14.2 Å². The second-order valence-electron chi connectivity index (χ2n) is 4.65. The average molecular weight is 344 g/mol. The number of benzene rings is 2. The topological polar surface area (TPSA) is 46.6 Å². The first-order valence-corrected chi connectivity index (χ1v) is 8.21. The summed E-state index contributed by atoms with van der Waals surface area (Å²) in [5, 5.41) is 0.477. The van der Waals surface area contributed by atoms with Gasteiger partial charge in [0, 0.05) is 18.6 Å². The molecular formula is C15H15ClFNO3S. The Morgan fingerprint density at radius 3 is 2.50 bits per heavy atom. The Labute approximate surface area is 134 Å². The lowest BCUT2D eigenvalue weighted by molar-refractivity contribution is 0.385. The van der Waals surface area contributed by atoms with Gasteiger partial charge in [-0.05, 0) is 29.8 Å². The zero-order chi connectivity index (χ0) is 16.3. The fraction of sp³-hybridized carbons (Fsp3) is 0.200. The minimum Gasteiger partial charge on any atom is -0.494 e. The molecule has 0 aliphatic heterocycles. The zero-order valence-corrected chi connectivity index (χ0v) is 13.7. The van der Waals surface area contributed by atoms with Gasteiger partial charge in [-0.2, -0.15) is 4.31 Å². The van der Waals surface area contributed by atoms with Crippen LogP contribution in [0.15, 0.2) is 47.4 Å². The van der Waals surface area contributed by atoms with Crippen LogP contribution in [0, 0.1) is 5.82 Å². The van der Waals surface area contributed by atoms with Crippen LogP contribution in [0.4, 0.5) is 4.39 Å². The van der Waals surface area contributed by atoms with E-state index in [0.29, 0.717) is 10.6 Å². The van der Waals surface area contributed by atoms with Gasteiger partial charge in [-0.25, -0.2) is 12.8 Å². The van der Waals surface area contributed by atoms with E-state index in [2.05, 4.69) is 0 Å². The molecule has 0 amide bonds. The predicted molar refractivity (Wildman–Crippen MR) is 83.1 cm³/mol. The first-order valence-electron chi connectivity index (χ1n) is 6.39. The Balaban J connectivity index is 2.30. The Morgan fingerprint density at radius 1 is 1.23 bits per heavy atom. The highest BCUT2D eigenvalue weighted by atomic mass is 35.5. The van der Waals surface area contributed by atoms with E-state index in [-0.39, 0.29) is 17.2 Å². The van der Waals surface area contributed by atoms with Gasteiger partial charge < -0.3 is 4.74 Å². The fourth-order valence-electron chi connectivity index (χ4n) is 1.94. The summed E-state index contributed by atoms with van der Waals surface area (Å²) in [6.45, 7) is 0.0929. The molecule has 0 heterocycles. The van der Waals surface area contributed by atoms with Crippen LogP contribution in [0.1, 0.15) is 5.56 Å². The molecule has 0 aliphatic rings. The van der Waals surface area contributed by atoms with E-state index in [1.54, 1.807) is 24.3 Å². The molecule has 0 N–H and O–H groups in total. The SMILES string of the molecule is COc1ccc(S(=O)(=O)N(C)Cc2ccccc2Cl)cc1F. The molecule has 0 spiro atoms. The van der Waals surface area contributed by atoms with Crippen LogP contribution in [0.2, 0.25) is 5.02 Å². The molecule has 0 fully saturated rings. The normalized spacial score (nSPS) is 11.7. The third kappa shape index (κ3) is 3.40. The number of hydrogen-bond donors (Lipinski definition) is 0. The van der Waals surface area contributed by atoms with Gasteiger partial charge in [-0.3, -0.25) is 0 Å². The smallest absolute Gasteiger partial charge is 0.243 e. The van der Waals surface area contributed by atoms with E-state index >= 15 is 0 Å². The van der Waals surface area contributed by atoms with Crippen molar-refractivity contribution in [3.63, 3.8) is 0 Å². The van der Waals surface area contributed by atoms with Crippen LogP contribution in [-0.2, 0) is 16.6 Å². The molecular weight excluding hydrogens is 329 g/mol. The summed E-state index contributed by atoms with van der Waals surface area (Å²) in [6.07, 6.45) is 0. The standard InChI is InChI=1S/C15H15ClFNO3S/c1-18(10-11-5-3-4-6-13(11)16)22(19,20)12-7-8-15(21-2)14(17)9-12/h3-9H,10H2,1-2H3. The van der Waals surface area contributed by atoms with Gasteiger partial charge >= 0.3 is 0 Å². The Kier molecular flexibility index (Phi) is 5.05. The van der Waals surface area contributed by atoms with Crippen LogP contribution in [-0.4, -0.2) is 26.9 Å². The fourth-order valence-corrected chi connectivity index (χ4v) is 3.30. The maximum atomic E-state index is 13.7. The number of hydrogen-bond acceptors (Lipinski definition) is 3. The molecule has 0 saturated heterocycles. The molecule has 4 nitrogen and oxygen atoms in total. The van der Waals surface area contributed by atoms with Crippen LogP contribution in [0.25, 0.3) is 0 Å². The number of halogens is 2. The van der Waals surface area contributed by atoms with Crippen LogP contribution < -0.4 is 4.74 Å². The number of sulfonamides is 1. The lowest BCUT2D eigenvalue weighted by Gasteiger charge is -2.18. The molecule has 0 unspecified atom stereocenters. The Hall–Kier alpha value is -1.63. The molecule has 2 rings (SSSR count). The van der Waals surface area contributed by atoms with Crippen molar-refractivity contribution in [3.8, 4) is 5.75 Å². The lowest BCUT2D eigenvalue weighted by Crippen LogP contribution is -2.26. The van der Waals surface area contributed by atoms with Gasteiger partial charge in [0.2, 0.25) is 10.0 Å². The summed E-state index contributed by atoms with van der Waals surface area (Å²) in [6, 6.07) is 10.5. The maximum Gasteiger partial charge on any atom is 0.243 e. The van der Waals surface area contributed by atoms with Crippen LogP contribution in [0.3, 0.4) is 0 Å². The minimum absolute atomic E-state index is 0.00675. The van der Waals surface area contributed by atoms with Gasteiger partial charge in [0.05, 0.1) is 12.0 Å². The molecule has 0 aliphatic carbocycles. The zero-order valence-electron chi connectivity index (χ0n) is 12.1. The molecule has 118 valence electrons. The van der Waals surface area contributed by atoms with Gasteiger partial charge in [-0.15, -0.1) is 0 Å². The van der Waals surface area contributed by atoms with Gasteiger partial charge in [0.1, 0.15) is 0 Å². The first-order chi connectivity index (χ1) is 10.4. The number of methoxy groups -OCH3 is 1.